The highest BCUT2D eigenvalue weighted by atomic mass is 79.9. The van der Waals surface area contributed by atoms with Gasteiger partial charge in [0.15, 0.2) is 5.78 Å². The number of aromatic hydroxyl groups is 1. The molecule has 1 heterocycles. The van der Waals surface area contributed by atoms with Crippen LogP contribution in [-0.4, -0.2) is 10.9 Å². The number of hydrogen-bond acceptors (Lipinski definition) is 3. The summed E-state index contributed by atoms with van der Waals surface area (Å²) >= 11 is 6.40. The number of benzene rings is 2. The molecule has 3 rings (SSSR count). The first-order valence-corrected chi connectivity index (χ1v) is 7.88. The minimum atomic E-state index is -0.421. The Hall–Kier alpha value is -1.66. The van der Waals surface area contributed by atoms with Crippen molar-refractivity contribution in [1.82, 2.24) is 0 Å². The molecule has 0 radical (unpaired) electrons. The second-order valence-electron chi connectivity index (χ2n) is 4.79. The number of carbonyl (C=O) groups excluding carboxylic acids is 1. The van der Waals surface area contributed by atoms with E-state index in [9.17, 15) is 14.3 Å². The summed E-state index contributed by atoms with van der Waals surface area (Å²) in [5.74, 6) is -0.238. The van der Waals surface area contributed by atoms with E-state index < -0.39 is 5.82 Å². The number of ketones is 1. The third-order valence-corrected chi connectivity index (χ3v) is 4.54. The van der Waals surface area contributed by atoms with Crippen LogP contribution in [0.15, 0.2) is 43.7 Å². The number of fused-ring (bicyclic) bond motifs is 1. The lowest BCUT2D eigenvalue weighted by molar-refractivity contribution is 0.103. The van der Waals surface area contributed by atoms with Crippen LogP contribution in [0.1, 0.15) is 21.7 Å². The monoisotopic (exact) mass is 426 g/mol. The number of carbonyl (C=O) groups is 1. The summed E-state index contributed by atoms with van der Waals surface area (Å²) in [6.45, 7) is 1.66. The maximum absolute atomic E-state index is 13.3. The number of halogens is 3. The van der Waals surface area contributed by atoms with Crippen LogP contribution >= 0.6 is 31.9 Å². The molecule has 3 nitrogen and oxygen atoms in total. The maximum atomic E-state index is 13.3. The zero-order valence-electron chi connectivity index (χ0n) is 11.3. The molecular formula is C16H9Br2FO3. The van der Waals surface area contributed by atoms with Gasteiger partial charge in [-0.15, -0.1) is 0 Å². The number of phenols is 1. The van der Waals surface area contributed by atoms with Crippen molar-refractivity contribution in [2.45, 2.75) is 6.92 Å². The fraction of sp³-hybridized carbons (Fsp3) is 0.0625. The Morgan fingerprint density at radius 3 is 2.45 bits per heavy atom. The van der Waals surface area contributed by atoms with Gasteiger partial charge in [-0.05, 0) is 63.0 Å². The highest BCUT2D eigenvalue weighted by Crippen LogP contribution is 2.35. The number of furan rings is 1. The van der Waals surface area contributed by atoms with E-state index in [-0.39, 0.29) is 11.5 Å². The summed E-state index contributed by atoms with van der Waals surface area (Å²) in [6.07, 6.45) is 0. The average Bonchev–Trinajstić information content (AvgIpc) is 2.78. The minimum Gasteiger partial charge on any atom is -0.506 e. The van der Waals surface area contributed by atoms with Crippen molar-refractivity contribution >= 4 is 48.6 Å². The first-order valence-electron chi connectivity index (χ1n) is 6.30. The van der Waals surface area contributed by atoms with Gasteiger partial charge in [-0.3, -0.25) is 4.79 Å². The molecule has 0 amide bonds. The van der Waals surface area contributed by atoms with Crippen molar-refractivity contribution in [1.29, 1.82) is 0 Å². The minimum absolute atomic E-state index is 0.0207. The highest BCUT2D eigenvalue weighted by Gasteiger charge is 2.21. The Morgan fingerprint density at radius 1 is 1.18 bits per heavy atom. The smallest absolute Gasteiger partial charge is 0.197 e. The predicted octanol–water partition coefficient (Wildman–Crippen LogP) is 5.34. The Labute approximate surface area is 142 Å². The van der Waals surface area contributed by atoms with Gasteiger partial charge < -0.3 is 9.52 Å². The number of phenolic OH excluding ortho intramolecular Hbond substituents is 1. The molecule has 1 N–H and O–H groups in total. The molecule has 2 aromatic carbocycles. The molecule has 22 heavy (non-hydrogen) atoms. The van der Waals surface area contributed by atoms with E-state index in [1.165, 1.54) is 30.3 Å². The second kappa shape index (κ2) is 5.52. The molecule has 0 aliphatic heterocycles. The third kappa shape index (κ3) is 2.46. The second-order valence-corrected chi connectivity index (χ2v) is 6.50. The molecule has 0 aliphatic rings. The molecule has 6 heteroatoms. The van der Waals surface area contributed by atoms with Crippen molar-refractivity contribution in [2.24, 2.45) is 0 Å². The third-order valence-electron chi connectivity index (χ3n) is 3.33. The Kier molecular flexibility index (Phi) is 3.82. The predicted molar refractivity (Wildman–Crippen MR) is 87.8 cm³/mol. The fourth-order valence-electron chi connectivity index (χ4n) is 2.32. The summed E-state index contributed by atoms with van der Waals surface area (Å²) in [4.78, 5) is 12.8. The molecule has 0 spiro atoms. The van der Waals surface area contributed by atoms with Gasteiger partial charge in [-0.2, -0.15) is 0 Å². The summed E-state index contributed by atoms with van der Waals surface area (Å²) in [5, 5.41) is 10.3. The standard InChI is InChI=1S/C16H9Br2FO3/c1-7-14(10-3-2-9(19)6-13(10)22-7)15(20)8-4-11(17)16(21)12(18)5-8/h2-6,21H,1H3. The van der Waals surface area contributed by atoms with E-state index in [0.29, 0.717) is 36.8 Å². The van der Waals surface area contributed by atoms with Crippen molar-refractivity contribution < 1.29 is 18.7 Å². The van der Waals surface area contributed by atoms with Crippen LogP contribution in [0.25, 0.3) is 11.0 Å². The van der Waals surface area contributed by atoms with Gasteiger partial charge in [0.05, 0.1) is 14.5 Å². The Bertz CT molecular complexity index is 892. The lowest BCUT2D eigenvalue weighted by Gasteiger charge is -2.05. The molecule has 0 saturated heterocycles. The van der Waals surface area contributed by atoms with Crippen LogP contribution in [0.4, 0.5) is 4.39 Å². The van der Waals surface area contributed by atoms with Gasteiger partial charge >= 0.3 is 0 Å². The molecule has 0 unspecified atom stereocenters. The topological polar surface area (TPSA) is 50.4 Å². The van der Waals surface area contributed by atoms with Crippen molar-refractivity contribution in [3.63, 3.8) is 0 Å². The zero-order chi connectivity index (χ0) is 16.0. The van der Waals surface area contributed by atoms with Gasteiger partial charge in [-0.1, -0.05) is 0 Å². The zero-order valence-corrected chi connectivity index (χ0v) is 14.5. The van der Waals surface area contributed by atoms with Crippen molar-refractivity contribution in [3.05, 3.63) is 62.0 Å². The molecular weight excluding hydrogens is 419 g/mol. The summed E-state index contributed by atoms with van der Waals surface area (Å²) in [7, 11) is 0. The summed E-state index contributed by atoms with van der Waals surface area (Å²) in [5.41, 5.74) is 1.10. The van der Waals surface area contributed by atoms with Gasteiger partial charge in [0.1, 0.15) is 22.9 Å². The largest absolute Gasteiger partial charge is 0.506 e. The van der Waals surface area contributed by atoms with Gasteiger partial charge in [-0.25, -0.2) is 4.39 Å². The summed E-state index contributed by atoms with van der Waals surface area (Å²) in [6, 6.07) is 7.13. The van der Waals surface area contributed by atoms with Gasteiger partial charge in [0.25, 0.3) is 0 Å². The van der Waals surface area contributed by atoms with E-state index >= 15 is 0 Å². The highest BCUT2D eigenvalue weighted by molar-refractivity contribution is 9.11. The first kappa shape index (κ1) is 15.2. The molecule has 3 aromatic rings. The summed E-state index contributed by atoms with van der Waals surface area (Å²) < 4.78 is 19.5. The van der Waals surface area contributed by atoms with E-state index in [2.05, 4.69) is 31.9 Å². The molecule has 1 aromatic heterocycles. The van der Waals surface area contributed by atoms with E-state index in [1.54, 1.807) is 6.92 Å². The SMILES string of the molecule is Cc1oc2cc(F)ccc2c1C(=O)c1cc(Br)c(O)c(Br)c1. The molecule has 112 valence electrons. The molecule has 0 fully saturated rings. The maximum Gasteiger partial charge on any atom is 0.197 e. The van der Waals surface area contributed by atoms with Crippen molar-refractivity contribution in [2.75, 3.05) is 0 Å². The molecule has 0 atom stereocenters. The Balaban J connectivity index is 2.19. The lowest BCUT2D eigenvalue weighted by Crippen LogP contribution is -2.02. The molecule has 0 aliphatic carbocycles. The van der Waals surface area contributed by atoms with Crippen LogP contribution in [-0.2, 0) is 0 Å². The normalized spacial score (nSPS) is 11.1. The molecule has 0 saturated carbocycles. The van der Waals surface area contributed by atoms with E-state index in [1.807, 2.05) is 0 Å². The van der Waals surface area contributed by atoms with Crippen LogP contribution in [0, 0.1) is 12.7 Å². The number of hydrogen-bond donors (Lipinski definition) is 1. The number of aryl methyl sites for hydroxylation is 1. The molecule has 0 bridgehead atoms. The lowest BCUT2D eigenvalue weighted by atomic mass is 10.0. The average molecular weight is 428 g/mol. The quantitative estimate of drug-likeness (QED) is 0.561. The van der Waals surface area contributed by atoms with Crippen LogP contribution < -0.4 is 0 Å². The van der Waals surface area contributed by atoms with Gasteiger partial charge in [0, 0.05) is 17.0 Å². The fourth-order valence-corrected chi connectivity index (χ4v) is 3.50. The number of rotatable bonds is 2. The van der Waals surface area contributed by atoms with Gasteiger partial charge in [0.2, 0.25) is 0 Å². The van der Waals surface area contributed by atoms with Crippen LogP contribution in [0.3, 0.4) is 0 Å². The van der Waals surface area contributed by atoms with Crippen LogP contribution in [0.2, 0.25) is 0 Å². The van der Waals surface area contributed by atoms with Crippen molar-refractivity contribution in [3.8, 4) is 5.75 Å². The Morgan fingerprint density at radius 2 is 1.82 bits per heavy atom. The first-order chi connectivity index (χ1) is 10.4. The van der Waals surface area contributed by atoms with E-state index in [4.69, 9.17) is 4.42 Å². The van der Waals surface area contributed by atoms with E-state index in [0.717, 1.165) is 0 Å². The van der Waals surface area contributed by atoms with Crippen LogP contribution in [0.5, 0.6) is 5.75 Å².